The molecule has 0 aliphatic carbocycles. The maximum Gasteiger partial charge on any atom is 0.125 e. The first-order valence-electron chi connectivity index (χ1n) is 8.92. The van der Waals surface area contributed by atoms with E-state index in [4.69, 9.17) is 9.72 Å². The van der Waals surface area contributed by atoms with E-state index < -0.39 is 0 Å². The van der Waals surface area contributed by atoms with Crippen molar-refractivity contribution in [2.45, 2.75) is 25.4 Å². The number of fused-ring (bicyclic) bond motifs is 1. The summed E-state index contributed by atoms with van der Waals surface area (Å²) in [4.78, 5) is 9.38. The molecule has 0 radical (unpaired) electrons. The molecule has 3 aromatic rings. The molecule has 3 heterocycles. The van der Waals surface area contributed by atoms with Crippen LogP contribution in [0.3, 0.4) is 0 Å². The summed E-state index contributed by atoms with van der Waals surface area (Å²) in [5, 5.41) is 3.73. The number of imidazole rings is 2. The fourth-order valence-electron chi connectivity index (χ4n) is 3.75. The molecule has 132 valence electrons. The number of aromatic nitrogens is 4. The summed E-state index contributed by atoms with van der Waals surface area (Å²) in [6, 6.07) is 8.47. The zero-order valence-corrected chi connectivity index (χ0v) is 14.9. The molecular weight excluding hydrogens is 314 g/mol. The lowest BCUT2D eigenvalue weighted by Crippen LogP contribution is -2.34. The van der Waals surface area contributed by atoms with E-state index in [2.05, 4.69) is 51.7 Å². The number of benzene rings is 1. The first-order chi connectivity index (χ1) is 12.2. The zero-order valence-electron chi connectivity index (χ0n) is 14.9. The minimum atomic E-state index is 0.212. The monoisotopic (exact) mass is 339 g/mol. The number of nitrogens with one attached hydrogen (secondary N) is 1. The van der Waals surface area contributed by atoms with E-state index in [0.717, 1.165) is 49.8 Å². The van der Waals surface area contributed by atoms with Crippen LogP contribution in [0.15, 0.2) is 36.7 Å². The van der Waals surface area contributed by atoms with E-state index in [1.807, 2.05) is 18.5 Å². The number of ether oxygens (including phenoxy) is 1. The molecule has 0 unspecified atom stereocenters. The van der Waals surface area contributed by atoms with Crippen LogP contribution in [0.1, 0.15) is 30.5 Å². The second kappa shape index (κ2) is 6.98. The fraction of sp³-hybridized carbons (Fsp3) is 0.474. The van der Waals surface area contributed by atoms with Crippen molar-refractivity contribution >= 4 is 11.0 Å². The van der Waals surface area contributed by atoms with Crippen LogP contribution >= 0.6 is 0 Å². The van der Waals surface area contributed by atoms with Crippen LogP contribution in [0, 0.1) is 5.92 Å². The lowest BCUT2D eigenvalue weighted by atomic mass is 9.91. The Balaban J connectivity index is 1.57. The Morgan fingerprint density at radius 1 is 1.24 bits per heavy atom. The molecule has 2 aromatic heterocycles. The van der Waals surface area contributed by atoms with Gasteiger partial charge in [0.15, 0.2) is 0 Å². The fourth-order valence-corrected chi connectivity index (χ4v) is 3.75. The standard InChI is InChI=1S/C19H25N5O/c1-23-10-9-20-19(23)18(14-7-11-25-12-8-14)21-13-17-22-15-5-3-4-6-16(15)24(17)2/h3-6,9-10,14,18,21H,7-8,11-13H2,1-2H3/t18-/m1/s1. The Kier molecular flexibility index (Phi) is 4.55. The Hall–Kier alpha value is -2.18. The van der Waals surface area contributed by atoms with Gasteiger partial charge in [-0.2, -0.15) is 0 Å². The van der Waals surface area contributed by atoms with E-state index >= 15 is 0 Å². The summed E-state index contributed by atoms with van der Waals surface area (Å²) >= 11 is 0. The molecule has 1 aliphatic rings. The molecule has 1 fully saturated rings. The van der Waals surface area contributed by atoms with Gasteiger partial charge < -0.3 is 19.2 Å². The Labute approximate surface area is 147 Å². The number of hydrogen-bond acceptors (Lipinski definition) is 4. The van der Waals surface area contributed by atoms with Gasteiger partial charge in [-0.05, 0) is 30.9 Å². The summed E-state index contributed by atoms with van der Waals surface area (Å²) in [6.45, 7) is 2.39. The van der Waals surface area contributed by atoms with Crippen molar-refractivity contribution < 1.29 is 4.74 Å². The highest BCUT2D eigenvalue weighted by Gasteiger charge is 2.28. The Morgan fingerprint density at radius 3 is 2.76 bits per heavy atom. The minimum absolute atomic E-state index is 0.212. The van der Waals surface area contributed by atoms with Gasteiger partial charge >= 0.3 is 0 Å². The minimum Gasteiger partial charge on any atom is -0.381 e. The van der Waals surface area contributed by atoms with Gasteiger partial charge in [0.25, 0.3) is 0 Å². The van der Waals surface area contributed by atoms with E-state index in [-0.39, 0.29) is 6.04 Å². The summed E-state index contributed by atoms with van der Waals surface area (Å²) in [5.41, 5.74) is 2.21. The second-order valence-electron chi connectivity index (χ2n) is 6.78. The van der Waals surface area contributed by atoms with Crippen LogP contribution in [-0.4, -0.2) is 32.3 Å². The largest absolute Gasteiger partial charge is 0.381 e. The van der Waals surface area contributed by atoms with Crippen LogP contribution in [0.2, 0.25) is 0 Å². The molecule has 1 atom stereocenters. The molecule has 25 heavy (non-hydrogen) atoms. The normalized spacial score (nSPS) is 17.2. The van der Waals surface area contributed by atoms with Gasteiger partial charge in [0, 0.05) is 39.7 Å². The van der Waals surface area contributed by atoms with E-state index in [1.165, 1.54) is 5.52 Å². The topological polar surface area (TPSA) is 56.9 Å². The molecule has 1 aromatic carbocycles. The van der Waals surface area contributed by atoms with Crippen LogP contribution in [-0.2, 0) is 25.4 Å². The van der Waals surface area contributed by atoms with Gasteiger partial charge in [0.2, 0.25) is 0 Å². The van der Waals surface area contributed by atoms with Crippen molar-refractivity contribution in [3.63, 3.8) is 0 Å². The van der Waals surface area contributed by atoms with Gasteiger partial charge in [-0.25, -0.2) is 9.97 Å². The number of rotatable bonds is 5. The van der Waals surface area contributed by atoms with E-state index in [0.29, 0.717) is 5.92 Å². The number of aryl methyl sites for hydroxylation is 2. The molecule has 1 aliphatic heterocycles. The van der Waals surface area contributed by atoms with Crippen LogP contribution in [0.25, 0.3) is 11.0 Å². The van der Waals surface area contributed by atoms with Gasteiger partial charge in [0.05, 0.1) is 23.6 Å². The van der Waals surface area contributed by atoms with Crippen molar-refractivity contribution in [2.24, 2.45) is 20.0 Å². The maximum atomic E-state index is 5.55. The lowest BCUT2D eigenvalue weighted by molar-refractivity contribution is 0.0517. The number of para-hydroxylation sites is 2. The molecule has 0 saturated carbocycles. The lowest BCUT2D eigenvalue weighted by Gasteiger charge is -2.30. The maximum absolute atomic E-state index is 5.55. The summed E-state index contributed by atoms with van der Waals surface area (Å²) in [6.07, 6.45) is 6.01. The van der Waals surface area contributed by atoms with E-state index in [9.17, 15) is 0 Å². The van der Waals surface area contributed by atoms with Crippen molar-refractivity contribution in [1.82, 2.24) is 24.4 Å². The first-order valence-corrected chi connectivity index (χ1v) is 8.92. The molecule has 1 saturated heterocycles. The van der Waals surface area contributed by atoms with Crippen LogP contribution in [0.4, 0.5) is 0 Å². The highest BCUT2D eigenvalue weighted by atomic mass is 16.5. The number of hydrogen-bond donors (Lipinski definition) is 1. The SMILES string of the molecule is Cn1ccnc1[C@H](NCc1nc2ccccc2n1C)C1CCOCC1. The quantitative estimate of drug-likeness (QED) is 0.776. The Bertz CT molecular complexity index is 846. The molecule has 4 rings (SSSR count). The molecule has 6 heteroatoms. The third kappa shape index (κ3) is 3.19. The first kappa shape index (κ1) is 16.3. The van der Waals surface area contributed by atoms with Crippen molar-refractivity contribution in [1.29, 1.82) is 0 Å². The average Bonchev–Trinajstić information content (AvgIpc) is 3.21. The van der Waals surface area contributed by atoms with Crippen molar-refractivity contribution in [3.05, 3.63) is 48.3 Å². The van der Waals surface area contributed by atoms with Crippen LogP contribution in [0.5, 0.6) is 0 Å². The highest BCUT2D eigenvalue weighted by Crippen LogP contribution is 2.29. The summed E-state index contributed by atoms with van der Waals surface area (Å²) in [7, 11) is 4.14. The molecule has 0 amide bonds. The van der Waals surface area contributed by atoms with Crippen LogP contribution < -0.4 is 5.32 Å². The third-order valence-electron chi connectivity index (χ3n) is 5.23. The molecule has 6 nitrogen and oxygen atoms in total. The van der Waals surface area contributed by atoms with Gasteiger partial charge in [-0.15, -0.1) is 0 Å². The highest BCUT2D eigenvalue weighted by molar-refractivity contribution is 5.75. The van der Waals surface area contributed by atoms with Gasteiger partial charge in [0.1, 0.15) is 11.6 Å². The predicted octanol–water partition coefficient (Wildman–Crippen LogP) is 2.56. The summed E-state index contributed by atoms with van der Waals surface area (Å²) < 4.78 is 9.83. The van der Waals surface area contributed by atoms with Crippen molar-refractivity contribution in [2.75, 3.05) is 13.2 Å². The molecule has 1 N–H and O–H groups in total. The zero-order chi connectivity index (χ0) is 17.2. The molecule has 0 bridgehead atoms. The Morgan fingerprint density at radius 2 is 2.04 bits per heavy atom. The molecular formula is C19H25N5O. The smallest absolute Gasteiger partial charge is 0.125 e. The second-order valence-corrected chi connectivity index (χ2v) is 6.78. The predicted molar refractivity (Wildman–Crippen MR) is 97.0 cm³/mol. The summed E-state index contributed by atoms with van der Waals surface area (Å²) in [5.74, 6) is 2.67. The van der Waals surface area contributed by atoms with Gasteiger partial charge in [-0.3, -0.25) is 0 Å². The molecule has 0 spiro atoms. The van der Waals surface area contributed by atoms with Gasteiger partial charge in [-0.1, -0.05) is 12.1 Å². The van der Waals surface area contributed by atoms with Crippen molar-refractivity contribution in [3.8, 4) is 0 Å². The number of nitrogens with zero attached hydrogens (tertiary/aromatic N) is 4. The third-order valence-corrected chi connectivity index (χ3v) is 5.23. The van der Waals surface area contributed by atoms with E-state index in [1.54, 1.807) is 0 Å². The average molecular weight is 339 g/mol.